The molecule has 1 aliphatic heterocycles. The van der Waals surface area contributed by atoms with Crippen LogP contribution < -0.4 is 0 Å². The van der Waals surface area contributed by atoms with Crippen LogP contribution in [0, 0.1) is 11.3 Å². The highest BCUT2D eigenvalue weighted by Crippen LogP contribution is 2.71. The monoisotopic (exact) mass is 272 g/mol. The van der Waals surface area contributed by atoms with Gasteiger partial charge in [-0.2, -0.15) is 0 Å². The van der Waals surface area contributed by atoms with E-state index in [1.165, 1.54) is 13.8 Å². The molecule has 0 atom stereocenters. The number of hydrogen-bond acceptors (Lipinski definition) is 5. The van der Waals surface area contributed by atoms with Crippen LogP contribution in [0.5, 0.6) is 0 Å². The van der Waals surface area contributed by atoms with Gasteiger partial charge in [-0.05, 0) is 19.3 Å². The Bertz CT molecular complexity index is 441. The van der Waals surface area contributed by atoms with Crippen molar-refractivity contribution in [1.29, 1.82) is 0 Å². The first-order valence-electron chi connectivity index (χ1n) is 5.86. The van der Waals surface area contributed by atoms with Gasteiger partial charge in [0.1, 0.15) is 0 Å². The van der Waals surface area contributed by atoms with Crippen molar-refractivity contribution in [3.63, 3.8) is 0 Å². The molecule has 3 saturated carbocycles. The molecule has 4 aliphatic rings. The molecule has 6 heteroatoms. The zero-order chi connectivity index (χ0) is 13.3. The highest BCUT2D eigenvalue weighted by Gasteiger charge is 2.73. The number of Topliss-reactive ketones (excluding diaryl/α,β-unsaturated/α-hetero) is 1. The van der Waals surface area contributed by atoms with Crippen molar-refractivity contribution in [2.24, 2.45) is 11.3 Å². The second-order valence-corrected chi connectivity index (χ2v) is 6.80. The number of carbonyl (C=O) groups is 3. The average molecular weight is 273 g/mol. The maximum atomic E-state index is 12.3. The minimum absolute atomic E-state index is 0.280. The zero-order valence-electron chi connectivity index (χ0n) is 10.1. The largest absolute Gasteiger partial charge is 0.422 e. The minimum atomic E-state index is -1.43. The van der Waals surface area contributed by atoms with Crippen LogP contribution in [0.15, 0.2) is 0 Å². The van der Waals surface area contributed by atoms with Crippen LogP contribution in [0.2, 0.25) is 0 Å². The number of cyclic esters (lactones) is 2. The van der Waals surface area contributed by atoms with Crippen molar-refractivity contribution in [2.45, 2.75) is 43.8 Å². The molecule has 2 bridgehead atoms. The molecule has 0 radical (unpaired) electrons. The summed E-state index contributed by atoms with van der Waals surface area (Å²) in [7, 11) is 0. The molecule has 3 aliphatic carbocycles. The van der Waals surface area contributed by atoms with Crippen molar-refractivity contribution in [1.82, 2.24) is 0 Å². The molecule has 18 heavy (non-hydrogen) atoms. The lowest BCUT2D eigenvalue weighted by Crippen LogP contribution is -2.69. The Labute approximate surface area is 109 Å². The Balaban J connectivity index is 1.79. The Morgan fingerprint density at radius 2 is 1.61 bits per heavy atom. The van der Waals surface area contributed by atoms with Gasteiger partial charge < -0.3 is 9.47 Å². The van der Waals surface area contributed by atoms with Gasteiger partial charge in [-0.1, -0.05) is 0 Å². The number of halogens is 1. The number of rotatable bonds is 2. The van der Waals surface area contributed by atoms with Gasteiger partial charge in [0, 0.05) is 24.1 Å². The van der Waals surface area contributed by atoms with Crippen molar-refractivity contribution < 1.29 is 23.9 Å². The normalized spacial score (nSPS) is 41.3. The van der Waals surface area contributed by atoms with Gasteiger partial charge in [0.2, 0.25) is 5.92 Å². The quantitative estimate of drug-likeness (QED) is 0.429. The Hall–Kier alpha value is -1.10. The van der Waals surface area contributed by atoms with Crippen LogP contribution in [0.25, 0.3) is 0 Å². The summed E-state index contributed by atoms with van der Waals surface area (Å²) in [5.41, 5.74) is -0.591. The van der Waals surface area contributed by atoms with Gasteiger partial charge in [-0.3, -0.25) is 14.4 Å². The lowest BCUT2D eigenvalue weighted by Gasteiger charge is -2.66. The Morgan fingerprint density at radius 3 is 2.00 bits per heavy atom. The fourth-order valence-electron chi connectivity index (χ4n) is 3.17. The van der Waals surface area contributed by atoms with Crippen LogP contribution in [-0.2, 0) is 23.9 Å². The molecular formula is C12H13ClO5. The maximum Gasteiger partial charge on any atom is 0.331 e. The van der Waals surface area contributed by atoms with E-state index in [1.54, 1.807) is 0 Å². The third kappa shape index (κ3) is 1.43. The van der Waals surface area contributed by atoms with Gasteiger partial charge in [0.25, 0.3) is 5.79 Å². The summed E-state index contributed by atoms with van der Waals surface area (Å²) in [5, 5.41) is 0. The molecular weight excluding hydrogens is 260 g/mol. The van der Waals surface area contributed by atoms with Crippen molar-refractivity contribution in [3.8, 4) is 0 Å². The van der Waals surface area contributed by atoms with Gasteiger partial charge in [-0.15, -0.1) is 11.6 Å². The number of ether oxygens (including phenoxy) is 2. The van der Waals surface area contributed by atoms with Crippen LogP contribution in [0.3, 0.4) is 0 Å². The van der Waals surface area contributed by atoms with E-state index in [4.69, 9.17) is 21.1 Å². The summed E-state index contributed by atoms with van der Waals surface area (Å²) in [5.74, 6) is -4.74. The molecule has 0 spiro atoms. The summed E-state index contributed by atoms with van der Waals surface area (Å²) in [6.45, 7) is 2.91. The molecule has 1 saturated heterocycles. The van der Waals surface area contributed by atoms with Crippen LogP contribution in [0.1, 0.15) is 33.1 Å². The van der Waals surface area contributed by atoms with E-state index in [1.807, 2.05) is 0 Å². The Kier molecular flexibility index (Phi) is 2.04. The first-order valence-corrected chi connectivity index (χ1v) is 6.23. The van der Waals surface area contributed by atoms with Crippen LogP contribution >= 0.6 is 11.6 Å². The molecule has 0 aromatic carbocycles. The summed E-state index contributed by atoms with van der Waals surface area (Å²) < 4.78 is 9.90. The molecule has 0 N–H and O–H groups in total. The van der Waals surface area contributed by atoms with E-state index in [2.05, 4.69) is 0 Å². The number of alkyl halides is 1. The van der Waals surface area contributed by atoms with Crippen LogP contribution in [-0.4, -0.2) is 28.4 Å². The van der Waals surface area contributed by atoms with E-state index in [0.29, 0.717) is 19.3 Å². The fourth-order valence-corrected chi connectivity index (χ4v) is 3.93. The fraction of sp³-hybridized carbons (Fsp3) is 0.750. The van der Waals surface area contributed by atoms with E-state index in [-0.39, 0.29) is 4.87 Å². The summed E-state index contributed by atoms with van der Waals surface area (Å²) in [6, 6.07) is 0. The van der Waals surface area contributed by atoms with Crippen LogP contribution in [0.4, 0.5) is 0 Å². The second kappa shape index (κ2) is 3.07. The number of esters is 2. The summed E-state index contributed by atoms with van der Waals surface area (Å²) in [4.78, 5) is 35.5. The molecule has 4 fully saturated rings. The molecule has 98 valence electrons. The molecule has 4 rings (SSSR count). The molecule has 0 aromatic heterocycles. The second-order valence-electron chi connectivity index (χ2n) is 6.00. The predicted octanol–water partition coefficient (Wildman–Crippen LogP) is 1.17. The zero-order valence-corrected chi connectivity index (χ0v) is 10.9. The number of hydrogen-bond donors (Lipinski definition) is 0. The first kappa shape index (κ1) is 12.0. The lowest BCUT2D eigenvalue weighted by atomic mass is 9.41. The Morgan fingerprint density at radius 1 is 1.17 bits per heavy atom. The predicted molar refractivity (Wildman–Crippen MR) is 59.6 cm³/mol. The van der Waals surface area contributed by atoms with Gasteiger partial charge >= 0.3 is 11.9 Å². The van der Waals surface area contributed by atoms with Gasteiger partial charge in [-0.25, -0.2) is 0 Å². The SMILES string of the molecule is CC1(C)OC(=O)C(C(=O)C23CC(Cl)(C2)C3)C(=O)O1. The third-order valence-corrected chi connectivity index (χ3v) is 4.32. The van der Waals surface area contributed by atoms with Gasteiger partial charge in [0.15, 0.2) is 5.78 Å². The molecule has 0 aromatic rings. The molecule has 0 amide bonds. The van der Waals surface area contributed by atoms with E-state index < -0.39 is 34.8 Å². The lowest BCUT2D eigenvalue weighted by molar-refractivity contribution is -0.241. The average Bonchev–Trinajstić information content (AvgIpc) is 2.07. The highest BCUT2D eigenvalue weighted by atomic mass is 35.5. The summed E-state index contributed by atoms with van der Waals surface area (Å²) in [6.07, 6.45) is 1.63. The topological polar surface area (TPSA) is 69.7 Å². The first-order chi connectivity index (χ1) is 8.17. The van der Waals surface area contributed by atoms with Gasteiger partial charge in [0.05, 0.1) is 0 Å². The number of carbonyl (C=O) groups excluding carboxylic acids is 3. The highest BCUT2D eigenvalue weighted by molar-refractivity contribution is 6.29. The summed E-state index contributed by atoms with van der Waals surface area (Å²) >= 11 is 6.08. The molecule has 0 unspecified atom stereocenters. The standard InChI is InChI=1S/C12H13ClO5/c1-10(2)17-8(15)6(9(16)18-10)7(14)11-3-12(13,4-11)5-11/h6H,3-5H2,1-2H3. The van der Waals surface area contributed by atoms with E-state index in [9.17, 15) is 14.4 Å². The minimum Gasteiger partial charge on any atom is -0.422 e. The smallest absolute Gasteiger partial charge is 0.331 e. The molecule has 5 nitrogen and oxygen atoms in total. The van der Waals surface area contributed by atoms with Crippen molar-refractivity contribution in [3.05, 3.63) is 0 Å². The van der Waals surface area contributed by atoms with Crippen molar-refractivity contribution >= 4 is 29.3 Å². The molecule has 1 heterocycles. The van der Waals surface area contributed by atoms with E-state index in [0.717, 1.165) is 0 Å². The maximum absolute atomic E-state index is 12.3. The third-order valence-electron chi connectivity index (χ3n) is 3.91. The number of ketones is 1. The van der Waals surface area contributed by atoms with Crippen molar-refractivity contribution in [2.75, 3.05) is 0 Å². The van der Waals surface area contributed by atoms with E-state index >= 15 is 0 Å².